The minimum Gasteiger partial charge on any atom is -0.354 e. The minimum absolute atomic E-state index is 0.144. The highest BCUT2D eigenvalue weighted by atomic mass is 35.5. The zero-order chi connectivity index (χ0) is 19.6. The van der Waals surface area contributed by atoms with Gasteiger partial charge in [0, 0.05) is 17.1 Å². The Kier molecular flexibility index (Phi) is 6.11. The zero-order valence-electron chi connectivity index (χ0n) is 16.3. The fraction of sp³-hybridized carbons (Fsp3) is 0.619. The van der Waals surface area contributed by atoms with Crippen LogP contribution in [0.25, 0.3) is 0 Å². The number of carbonyl (C=O) groups is 2. The molecule has 6 heteroatoms. The van der Waals surface area contributed by atoms with Crippen molar-refractivity contribution in [3.05, 3.63) is 34.9 Å². The Hall–Kier alpha value is -1.59. The molecule has 0 unspecified atom stereocenters. The lowest BCUT2D eigenvalue weighted by Gasteiger charge is -2.43. The second-order valence-corrected chi connectivity index (χ2v) is 8.72. The predicted octanol–water partition coefficient (Wildman–Crippen LogP) is 3.86. The molecule has 2 aliphatic rings. The summed E-state index contributed by atoms with van der Waals surface area (Å²) in [5.74, 6) is 0.623. The van der Waals surface area contributed by atoms with Gasteiger partial charge in [-0.15, -0.1) is 0 Å². The van der Waals surface area contributed by atoms with Gasteiger partial charge >= 0.3 is 0 Å². The van der Waals surface area contributed by atoms with Gasteiger partial charge < -0.3 is 10.1 Å². The van der Waals surface area contributed by atoms with Gasteiger partial charge in [-0.3, -0.25) is 14.5 Å². The highest BCUT2D eigenvalue weighted by Crippen LogP contribution is 2.43. The van der Waals surface area contributed by atoms with Gasteiger partial charge in [-0.05, 0) is 55.7 Å². The average molecular weight is 393 g/mol. The maximum Gasteiger partial charge on any atom is 0.256 e. The normalized spacial score (nSPS) is 28.0. The van der Waals surface area contributed by atoms with Gasteiger partial charge in [0.1, 0.15) is 11.8 Å². The lowest BCUT2D eigenvalue weighted by atomic mass is 9.83. The molecule has 1 saturated heterocycles. The Morgan fingerprint density at radius 3 is 2.67 bits per heavy atom. The molecule has 148 valence electrons. The standard InChI is InChI=1S/C21H29ClN2O3/c1-14(2)12-23-19(25)18-13-27-21(9-7-15(3)8-10-21)24(18)20(26)16-5-4-6-17(22)11-16/h4-6,11,14-15,18H,7-10,12-13H2,1-3H3,(H,23,25)/t15?,18-,21?/m0/s1. The Balaban J connectivity index is 1.90. The smallest absolute Gasteiger partial charge is 0.256 e. The highest BCUT2D eigenvalue weighted by molar-refractivity contribution is 6.31. The van der Waals surface area contributed by atoms with Crippen molar-refractivity contribution in [2.75, 3.05) is 13.2 Å². The molecule has 1 saturated carbocycles. The van der Waals surface area contributed by atoms with Crippen LogP contribution in [0.15, 0.2) is 24.3 Å². The number of nitrogens with zero attached hydrogens (tertiary/aromatic N) is 1. The molecule has 1 aliphatic carbocycles. The van der Waals surface area contributed by atoms with Crippen LogP contribution < -0.4 is 5.32 Å². The number of benzene rings is 1. The largest absolute Gasteiger partial charge is 0.354 e. The van der Waals surface area contributed by atoms with Crippen LogP contribution in [0.1, 0.15) is 56.8 Å². The second-order valence-electron chi connectivity index (χ2n) is 8.28. The van der Waals surface area contributed by atoms with Gasteiger partial charge in [0.25, 0.3) is 5.91 Å². The molecule has 1 N–H and O–H groups in total. The lowest BCUT2D eigenvalue weighted by Crippen LogP contribution is -2.57. The molecular weight excluding hydrogens is 364 g/mol. The van der Waals surface area contributed by atoms with E-state index in [0.29, 0.717) is 29.0 Å². The summed E-state index contributed by atoms with van der Waals surface area (Å²) in [4.78, 5) is 28.0. The van der Waals surface area contributed by atoms with Crippen LogP contribution in [0.4, 0.5) is 0 Å². The first-order valence-electron chi connectivity index (χ1n) is 9.83. The summed E-state index contributed by atoms with van der Waals surface area (Å²) in [6, 6.07) is 6.29. The van der Waals surface area contributed by atoms with Crippen molar-refractivity contribution in [1.29, 1.82) is 0 Å². The average Bonchev–Trinajstić information content (AvgIpc) is 3.00. The van der Waals surface area contributed by atoms with Crippen LogP contribution in [-0.2, 0) is 9.53 Å². The molecule has 27 heavy (non-hydrogen) atoms. The van der Waals surface area contributed by atoms with Gasteiger partial charge in [0.15, 0.2) is 0 Å². The maximum atomic E-state index is 13.4. The van der Waals surface area contributed by atoms with Crippen molar-refractivity contribution >= 4 is 23.4 Å². The van der Waals surface area contributed by atoms with Gasteiger partial charge in [-0.1, -0.05) is 38.4 Å². The highest BCUT2D eigenvalue weighted by Gasteiger charge is 2.53. The van der Waals surface area contributed by atoms with E-state index in [1.165, 1.54) is 0 Å². The quantitative estimate of drug-likeness (QED) is 0.846. The van der Waals surface area contributed by atoms with Crippen molar-refractivity contribution in [2.45, 2.75) is 58.2 Å². The Morgan fingerprint density at radius 2 is 2.04 bits per heavy atom. The predicted molar refractivity (Wildman–Crippen MR) is 106 cm³/mol. The van der Waals surface area contributed by atoms with E-state index in [1.54, 1.807) is 29.2 Å². The van der Waals surface area contributed by atoms with Crippen molar-refractivity contribution in [2.24, 2.45) is 11.8 Å². The van der Waals surface area contributed by atoms with Crippen molar-refractivity contribution in [1.82, 2.24) is 10.2 Å². The van der Waals surface area contributed by atoms with Crippen molar-refractivity contribution < 1.29 is 14.3 Å². The van der Waals surface area contributed by atoms with Crippen LogP contribution in [0, 0.1) is 11.8 Å². The molecule has 0 radical (unpaired) electrons. The SMILES string of the molecule is CC(C)CNC(=O)[C@@H]1COC2(CCC(C)CC2)N1C(=O)c1cccc(Cl)c1. The first-order valence-corrected chi connectivity index (χ1v) is 10.2. The third-order valence-electron chi connectivity index (χ3n) is 5.59. The van der Waals surface area contributed by atoms with Crippen LogP contribution >= 0.6 is 11.6 Å². The summed E-state index contributed by atoms with van der Waals surface area (Å²) in [6.07, 6.45) is 3.49. The lowest BCUT2D eigenvalue weighted by molar-refractivity contribution is -0.128. The van der Waals surface area contributed by atoms with Crippen LogP contribution in [-0.4, -0.2) is 41.6 Å². The van der Waals surface area contributed by atoms with E-state index in [4.69, 9.17) is 16.3 Å². The number of rotatable bonds is 4. The fourth-order valence-electron chi connectivity index (χ4n) is 3.96. The number of nitrogens with one attached hydrogen (secondary N) is 1. The van der Waals surface area contributed by atoms with Gasteiger partial charge in [-0.25, -0.2) is 0 Å². The fourth-order valence-corrected chi connectivity index (χ4v) is 4.15. The molecule has 5 nitrogen and oxygen atoms in total. The van der Waals surface area contributed by atoms with Crippen LogP contribution in [0.2, 0.25) is 5.02 Å². The van der Waals surface area contributed by atoms with Crippen molar-refractivity contribution in [3.63, 3.8) is 0 Å². The Labute approximate surface area is 166 Å². The topological polar surface area (TPSA) is 58.6 Å². The first-order chi connectivity index (χ1) is 12.8. The first kappa shape index (κ1) is 20.2. The molecule has 1 aliphatic heterocycles. The van der Waals surface area contributed by atoms with Gasteiger partial charge in [0.05, 0.1) is 6.61 Å². The van der Waals surface area contributed by atoms with E-state index < -0.39 is 11.8 Å². The van der Waals surface area contributed by atoms with Gasteiger partial charge in [-0.2, -0.15) is 0 Å². The Bertz CT molecular complexity index is 698. The monoisotopic (exact) mass is 392 g/mol. The molecule has 0 bridgehead atoms. The second kappa shape index (κ2) is 8.19. The summed E-state index contributed by atoms with van der Waals surface area (Å²) >= 11 is 6.09. The van der Waals surface area contributed by atoms with E-state index >= 15 is 0 Å². The van der Waals surface area contributed by atoms with Gasteiger partial charge in [0.2, 0.25) is 5.91 Å². The number of hydrogen-bond donors (Lipinski definition) is 1. The third-order valence-corrected chi connectivity index (χ3v) is 5.83. The van der Waals surface area contributed by atoms with Crippen LogP contribution in [0.3, 0.4) is 0 Å². The molecule has 1 aromatic rings. The van der Waals surface area contributed by atoms with Crippen molar-refractivity contribution in [3.8, 4) is 0 Å². The summed E-state index contributed by atoms with van der Waals surface area (Å²) in [6.45, 7) is 7.13. The summed E-state index contributed by atoms with van der Waals surface area (Å²) in [5.41, 5.74) is -0.196. The summed E-state index contributed by atoms with van der Waals surface area (Å²) < 4.78 is 6.17. The molecule has 1 spiro atoms. The maximum absolute atomic E-state index is 13.4. The molecule has 3 rings (SSSR count). The number of hydrogen-bond acceptors (Lipinski definition) is 3. The molecule has 1 atom stereocenters. The van der Waals surface area contributed by atoms with E-state index in [2.05, 4.69) is 12.2 Å². The molecular formula is C21H29ClN2O3. The molecule has 2 amide bonds. The number of ether oxygens (including phenoxy) is 1. The third kappa shape index (κ3) is 4.30. The molecule has 1 aromatic carbocycles. The molecule has 1 heterocycles. The molecule has 0 aromatic heterocycles. The van der Waals surface area contributed by atoms with E-state index in [9.17, 15) is 9.59 Å². The van der Waals surface area contributed by atoms with E-state index in [1.807, 2.05) is 13.8 Å². The number of amides is 2. The zero-order valence-corrected chi connectivity index (χ0v) is 17.1. The van der Waals surface area contributed by atoms with Crippen LogP contribution in [0.5, 0.6) is 0 Å². The van der Waals surface area contributed by atoms with E-state index in [-0.39, 0.29) is 18.4 Å². The number of halogens is 1. The summed E-state index contributed by atoms with van der Waals surface area (Å²) in [7, 11) is 0. The minimum atomic E-state index is -0.689. The number of carbonyl (C=O) groups excluding carboxylic acids is 2. The molecule has 2 fully saturated rings. The summed E-state index contributed by atoms with van der Waals surface area (Å²) in [5, 5.41) is 3.47. The van der Waals surface area contributed by atoms with E-state index in [0.717, 1.165) is 25.7 Å². The Morgan fingerprint density at radius 1 is 1.33 bits per heavy atom.